The number of para-hydroxylation sites is 1. The molecule has 0 aliphatic carbocycles. The van der Waals surface area contributed by atoms with Gasteiger partial charge in [-0.05, 0) is 50.9 Å². The summed E-state index contributed by atoms with van der Waals surface area (Å²) in [6, 6.07) is 7.90. The number of carbonyl (C=O) groups is 1. The lowest BCUT2D eigenvalue weighted by Gasteiger charge is -2.32. The van der Waals surface area contributed by atoms with Crippen LogP contribution in [-0.2, 0) is 24.2 Å². The highest BCUT2D eigenvalue weighted by Gasteiger charge is 2.28. The molecule has 2 aliphatic rings. The third kappa shape index (κ3) is 4.82. The van der Waals surface area contributed by atoms with E-state index < -0.39 is 0 Å². The Morgan fingerprint density at radius 2 is 2.10 bits per heavy atom. The van der Waals surface area contributed by atoms with E-state index in [1.165, 1.54) is 6.42 Å². The van der Waals surface area contributed by atoms with E-state index in [2.05, 4.69) is 17.3 Å². The second-order valence-corrected chi connectivity index (χ2v) is 8.58. The number of methoxy groups -OCH3 is 1. The molecule has 0 saturated carbocycles. The summed E-state index contributed by atoms with van der Waals surface area (Å²) in [5.41, 5.74) is 3.22. The van der Waals surface area contributed by atoms with Gasteiger partial charge >= 0.3 is 0 Å². The molecule has 166 valence electrons. The first-order chi connectivity index (χ1) is 15.1. The van der Waals surface area contributed by atoms with Crippen LogP contribution in [0, 0.1) is 0 Å². The maximum absolute atomic E-state index is 13.0. The van der Waals surface area contributed by atoms with Gasteiger partial charge in [-0.3, -0.25) is 4.79 Å². The van der Waals surface area contributed by atoms with Crippen LogP contribution in [-0.4, -0.2) is 66.5 Å². The molecule has 4 rings (SSSR count). The van der Waals surface area contributed by atoms with Crippen LogP contribution in [0.1, 0.15) is 47.8 Å². The zero-order valence-electron chi connectivity index (χ0n) is 18.9. The molecule has 0 radical (unpaired) electrons. The number of nitrogens with zero attached hydrogens (tertiary/aromatic N) is 4. The topological polar surface area (TPSA) is 70.6 Å². The first-order valence-corrected chi connectivity index (χ1v) is 11.2. The largest absolute Gasteiger partial charge is 0.496 e. The smallest absolute Gasteiger partial charge is 0.223 e. The number of fused-ring (bicyclic) bond motifs is 1. The minimum Gasteiger partial charge on any atom is -0.496 e. The first-order valence-electron chi connectivity index (χ1n) is 11.2. The van der Waals surface area contributed by atoms with Gasteiger partial charge in [-0.15, -0.1) is 0 Å². The van der Waals surface area contributed by atoms with Crippen molar-refractivity contribution < 1.29 is 9.53 Å². The number of ether oxygens (including phenoxy) is 1. The quantitative estimate of drug-likeness (QED) is 0.771. The highest BCUT2D eigenvalue weighted by Crippen LogP contribution is 2.30. The molecule has 31 heavy (non-hydrogen) atoms. The number of anilines is 1. The van der Waals surface area contributed by atoms with Gasteiger partial charge in [0.05, 0.1) is 19.3 Å². The van der Waals surface area contributed by atoms with E-state index in [-0.39, 0.29) is 5.91 Å². The Bertz CT molecular complexity index is 932. The molecule has 7 nitrogen and oxygen atoms in total. The summed E-state index contributed by atoms with van der Waals surface area (Å²) in [5, 5.41) is 3.27. The summed E-state index contributed by atoms with van der Waals surface area (Å²) in [4.78, 5) is 27.1. The van der Waals surface area contributed by atoms with Gasteiger partial charge in [-0.1, -0.05) is 18.2 Å². The molecule has 2 aliphatic heterocycles. The summed E-state index contributed by atoms with van der Waals surface area (Å²) in [5.74, 6) is 3.20. The minimum atomic E-state index is 0.167. The Hall–Kier alpha value is -2.67. The fourth-order valence-corrected chi connectivity index (χ4v) is 4.74. The van der Waals surface area contributed by atoms with Crippen LogP contribution in [0.15, 0.2) is 24.3 Å². The van der Waals surface area contributed by atoms with Crippen molar-refractivity contribution in [2.75, 3.05) is 46.2 Å². The van der Waals surface area contributed by atoms with Crippen molar-refractivity contribution in [1.82, 2.24) is 19.8 Å². The number of hydrogen-bond acceptors (Lipinski definition) is 6. The number of amides is 1. The number of carbonyl (C=O) groups excluding carboxylic acids is 1. The standard InChI is InChI=1S/C24H33N5O2/c1-25-24-19-12-14-29(22(30)11-10-17-7-4-5-9-21(17)31-3)16-20(19)26-23(27-24)18-8-6-13-28(2)15-18/h4-5,7,9,18H,6,8,10-16H2,1-3H3,(H,25,26,27)/t18-/m0/s1. The molecular weight excluding hydrogens is 390 g/mol. The Morgan fingerprint density at radius 1 is 1.26 bits per heavy atom. The van der Waals surface area contributed by atoms with Gasteiger partial charge in [0, 0.05) is 38.0 Å². The maximum Gasteiger partial charge on any atom is 0.223 e. The molecule has 1 aromatic carbocycles. The Balaban J connectivity index is 1.47. The van der Waals surface area contributed by atoms with Crippen molar-refractivity contribution in [2.24, 2.45) is 0 Å². The number of nitrogens with one attached hydrogen (secondary N) is 1. The SMILES string of the molecule is CNc1nc([C@H]2CCCN(C)C2)nc2c1CCN(C(=O)CCc1ccccc1OC)C2. The fraction of sp³-hybridized carbons (Fsp3) is 0.542. The zero-order valence-corrected chi connectivity index (χ0v) is 18.9. The molecule has 1 aromatic heterocycles. The number of piperidine rings is 1. The number of benzene rings is 1. The molecule has 0 bridgehead atoms. The van der Waals surface area contributed by atoms with E-state index >= 15 is 0 Å². The minimum absolute atomic E-state index is 0.167. The van der Waals surface area contributed by atoms with Gasteiger partial charge in [0.1, 0.15) is 17.4 Å². The van der Waals surface area contributed by atoms with Crippen molar-refractivity contribution >= 4 is 11.7 Å². The van der Waals surface area contributed by atoms with Crippen molar-refractivity contribution in [3.8, 4) is 5.75 Å². The normalized spacial score (nSPS) is 19.1. The lowest BCUT2D eigenvalue weighted by Crippen LogP contribution is -2.38. The van der Waals surface area contributed by atoms with Gasteiger partial charge in [0.15, 0.2) is 0 Å². The molecule has 1 saturated heterocycles. The Kier molecular flexibility index (Phi) is 6.70. The van der Waals surface area contributed by atoms with E-state index in [9.17, 15) is 4.79 Å². The summed E-state index contributed by atoms with van der Waals surface area (Å²) in [6.07, 6.45) is 4.23. The average molecular weight is 424 g/mol. The summed E-state index contributed by atoms with van der Waals surface area (Å²) in [6.45, 7) is 3.40. The molecule has 0 spiro atoms. The predicted molar refractivity (Wildman–Crippen MR) is 121 cm³/mol. The predicted octanol–water partition coefficient (Wildman–Crippen LogP) is 2.85. The number of likely N-dealkylation sites (N-methyl/N-ethyl adjacent to an activating group) is 1. The van der Waals surface area contributed by atoms with Crippen LogP contribution < -0.4 is 10.1 Å². The summed E-state index contributed by atoms with van der Waals surface area (Å²) < 4.78 is 5.42. The lowest BCUT2D eigenvalue weighted by molar-refractivity contribution is -0.132. The Morgan fingerprint density at radius 3 is 2.87 bits per heavy atom. The summed E-state index contributed by atoms with van der Waals surface area (Å²) in [7, 11) is 5.75. The van der Waals surface area contributed by atoms with Crippen molar-refractivity contribution in [3.63, 3.8) is 0 Å². The van der Waals surface area contributed by atoms with Crippen LogP contribution in [0.3, 0.4) is 0 Å². The van der Waals surface area contributed by atoms with Crippen LogP contribution in [0.5, 0.6) is 5.75 Å². The number of aryl methyl sites for hydroxylation is 1. The highest BCUT2D eigenvalue weighted by molar-refractivity contribution is 5.77. The van der Waals surface area contributed by atoms with Crippen LogP contribution in [0.4, 0.5) is 5.82 Å². The van der Waals surface area contributed by atoms with Gasteiger partial charge in [0.2, 0.25) is 5.91 Å². The molecule has 7 heteroatoms. The van der Waals surface area contributed by atoms with E-state index in [1.807, 2.05) is 36.2 Å². The third-order valence-electron chi connectivity index (χ3n) is 6.46. The number of rotatable bonds is 6. The molecule has 3 heterocycles. The third-order valence-corrected chi connectivity index (χ3v) is 6.46. The number of likely N-dealkylation sites (tertiary alicyclic amines) is 1. The van der Waals surface area contributed by atoms with Gasteiger partial charge in [0.25, 0.3) is 0 Å². The maximum atomic E-state index is 13.0. The molecule has 1 atom stereocenters. The number of aromatic nitrogens is 2. The van der Waals surface area contributed by atoms with E-state index in [1.54, 1.807) is 7.11 Å². The second-order valence-electron chi connectivity index (χ2n) is 8.58. The lowest BCUT2D eigenvalue weighted by atomic mass is 9.96. The molecule has 1 fully saturated rings. The molecule has 1 N–H and O–H groups in total. The molecule has 0 unspecified atom stereocenters. The van der Waals surface area contributed by atoms with Crippen molar-refractivity contribution in [2.45, 2.75) is 44.6 Å². The van der Waals surface area contributed by atoms with E-state index in [0.29, 0.717) is 31.8 Å². The van der Waals surface area contributed by atoms with Crippen LogP contribution in [0.25, 0.3) is 0 Å². The second kappa shape index (κ2) is 9.64. The molecular formula is C24H33N5O2. The zero-order chi connectivity index (χ0) is 21.8. The monoisotopic (exact) mass is 423 g/mol. The van der Waals surface area contributed by atoms with Gasteiger partial charge in [-0.25, -0.2) is 9.97 Å². The average Bonchev–Trinajstić information content (AvgIpc) is 2.81. The molecule has 2 aromatic rings. The van der Waals surface area contributed by atoms with Crippen molar-refractivity contribution in [3.05, 3.63) is 46.9 Å². The molecule has 1 amide bonds. The van der Waals surface area contributed by atoms with Gasteiger partial charge < -0.3 is 19.9 Å². The van der Waals surface area contributed by atoms with Crippen LogP contribution >= 0.6 is 0 Å². The van der Waals surface area contributed by atoms with Crippen molar-refractivity contribution in [1.29, 1.82) is 0 Å². The Labute approximate surface area is 184 Å². The first kappa shape index (κ1) is 21.6. The fourth-order valence-electron chi connectivity index (χ4n) is 4.74. The summed E-state index contributed by atoms with van der Waals surface area (Å²) >= 11 is 0. The van der Waals surface area contributed by atoms with Crippen LogP contribution in [0.2, 0.25) is 0 Å². The highest BCUT2D eigenvalue weighted by atomic mass is 16.5. The van der Waals surface area contributed by atoms with E-state index in [0.717, 1.165) is 60.1 Å². The van der Waals surface area contributed by atoms with Gasteiger partial charge in [-0.2, -0.15) is 0 Å². The number of hydrogen-bond donors (Lipinski definition) is 1. The van der Waals surface area contributed by atoms with E-state index in [4.69, 9.17) is 14.7 Å².